The van der Waals surface area contributed by atoms with Crippen molar-refractivity contribution in [3.63, 3.8) is 0 Å². The number of aromatic nitrogens is 2. The van der Waals surface area contributed by atoms with Crippen molar-refractivity contribution in [1.82, 2.24) is 9.78 Å². The molecule has 0 spiro atoms. The number of benzene rings is 1. The Bertz CT molecular complexity index is 540. The van der Waals surface area contributed by atoms with Crippen LogP contribution in [0.3, 0.4) is 0 Å². The van der Waals surface area contributed by atoms with Gasteiger partial charge in [0.25, 0.3) is 12.0 Å². The van der Waals surface area contributed by atoms with Crippen molar-refractivity contribution >= 4 is 0 Å². The van der Waals surface area contributed by atoms with Gasteiger partial charge < -0.3 is 0 Å². The molecule has 0 unspecified atom stereocenters. The van der Waals surface area contributed by atoms with Crippen molar-refractivity contribution in [2.75, 3.05) is 0 Å². The minimum Gasteiger partial charge on any atom is -0.289 e. The van der Waals surface area contributed by atoms with E-state index in [0.717, 1.165) is 16.3 Å². The van der Waals surface area contributed by atoms with Gasteiger partial charge >= 0.3 is 0 Å². The largest absolute Gasteiger partial charge is 0.289 e. The molecule has 0 amide bonds. The molecule has 2 aromatic rings. The van der Waals surface area contributed by atoms with Gasteiger partial charge in [0.1, 0.15) is 5.69 Å². The molecular weight excluding hydrogens is 214 g/mol. The van der Waals surface area contributed by atoms with Gasteiger partial charge in [-0.25, -0.2) is 13.5 Å². The lowest BCUT2D eigenvalue weighted by Gasteiger charge is -2.02. The molecule has 0 bridgehead atoms. The van der Waals surface area contributed by atoms with Crippen LogP contribution in [0.15, 0.2) is 35.1 Å². The maximum atomic E-state index is 12.4. The summed E-state index contributed by atoms with van der Waals surface area (Å²) in [6.45, 7) is 1.91. The van der Waals surface area contributed by atoms with E-state index in [1.54, 1.807) is 12.1 Å². The minimum atomic E-state index is -2.67. The number of rotatable bonds is 2. The van der Waals surface area contributed by atoms with Crippen molar-refractivity contribution in [3.05, 3.63) is 51.9 Å². The summed E-state index contributed by atoms with van der Waals surface area (Å²) in [6, 6.07) is 7.92. The van der Waals surface area contributed by atoms with Crippen molar-refractivity contribution in [2.24, 2.45) is 0 Å². The molecule has 1 N–H and O–H groups in total. The molecule has 0 aliphatic carbocycles. The third kappa shape index (κ3) is 1.88. The third-order valence-electron chi connectivity index (χ3n) is 2.27. The average Bonchev–Trinajstić information content (AvgIpc) is 2.62. The van der Waals surface area contributed by atoms with Crippen LogP contribution in [-0.4, -0.2) is 9.78 Å². The molecular formula is C11H10F2N2O. The molecule has 3 nitrogen and oxygen atoms in total. The fourth-order valence-electron chi connectivity index (χ4n) is 1.41. The van der Waals surface area contributed by atoms with E-state index in [4.69, 9.17) is 0 Å². The first-order valence-corrected chi connectivity index (χ1v) is 4.75. The lowest BCUT2D eigenvalue weighted by molar-refractivity contribution is 0.145. The summed E-state index contributed by atoms with van der Waals surface area (Å²) in [5, 5.41) is 2.37. The van der Waals surface area contributed by atoms with Crippen LogP contribution >= 0.6 is 0 Å². The van der Waals surface area contributed by atoms with E-state index in [2.05, 4.69) is 5.10 Å². The summed E-state index contributed by atoms with van der Waals surface area (Å²) in [7, 11) is 0. The van der Waals surface area contributed by atoms with Gasteiger partial charge in [0, 0.05) is 6.07 Å². The highest BCUT2D eigenvalue weighted by atomic mass is 19.3. The Hall–Kier alpha value is -1.91. The summed E-state index contributed by atoms with van der Waals surface area (Å²) in [6.07, 6.45) is -2.67. The van der Waals surface area contributed by atoms with Gasteiger partial charge in [-0.15, -0.1) is 0 Å². The van der Waals surface area contributed by atoms with Crippen LogP contribution < -0.4 is 5.56 Å². The Balaban J connectivity index is 2.48. The molecule has 0 fully saturated rings. The zero-order chi connectivity index (χ0) is 11.7. The highest BCUT2D eigenvalue weighted by molar-refractivity contribution is 5.33. The van der Waals surface area contributed by atoms with E-state index in [1.165, 1.54) is 0 Å². The van der Waals surface area contributed by atoms with E-state index in [-0.39, 0.29) is 5.69 Å². The number of nitrogens with one attached hydrogen (secondary N) is 1. The Labute approximate surface area is 90.3 Å². The molecule has 0 saturated heterocycles. The predicted octanol–water partition coefficient (Wildman–Crippen LogP) is 2.41. The molecule has 16 heavy (non-hydrogen) atoms. The number of aromatic amines is 1. The van der Waals surface area contributed by atoms with Crippen molar-refractivity contribution in [3.8, 4) is 5.69 Å². The molecule has 1 heterocycles. The van der Waals surface area contributed by atoms with Crippen LogP contribution in [0.1, 0.15) is 17.7 Å². The fourth-order valence-corrected chi connectivity index (χ4v) is 1.41. The molecule has 0 radical (unpaired) electrons. The zero-order valence-electron chi connectivity index (χ0n) is 8.58. The SMILES string of the molecule is Cc1ccc(-n2[nH]c(C(F)F)cc2=O)cc1. The minimum absolute atomic E-state index is 0.370. The van der Waals surface area contributed by atoms with Gasteiger partial charge in [0.05, 0.1) is 5.69 Å². The average molecular weight is 224 g/mol. The number of hydrogen-bond acceptors (Lipinski definition) is 1. The number of H-pyrrole nitrogens is 1. The van der Waals surface area contributed by atoms with Crippen LogP contribution in [0.25, 0.3) is 5.69 Å². The molecule has 1 aromatic heterocycles. The summed E-state index contributed by atoms with van der Waals surface area (Å²) in [4.78, 5) is 11.4. The van der Waals surface area contributed by atoms with Gasteiger partial charge in [-0.05, 0) is 19.1 Å². The Kier molecular flexibility index (Phi) is 2.60. The second kappa shape index (κ2) is 3.92. The zero-order valence-corrected chi connectivity index (χ0v) is 8.58. The molecule has 2 rings (SSSR count). The molecule has 0 aliphatic heterocycles. The standard InChI is InChI=1S/C11H10F2N2O/c1-7-2-4-8(5-3-7)15-10(16)6-9(14-15)11(12)13/h2-6,11,14H,1H3. The van der Waals surface area contributed by atoms with E-state index >= 15 is 0 Å². The lowest BCUT2D eigenvalue weighted by atomic mass is 10.2. The van der Waals surface area contributed by atoms with Gasteiger partial charge in [-0.1, -0.05) is 17.7 Å². The summed E-state index contributed by atoms with van der Waals surface area (Å²) in [5.74, 6) is 0. The number of halogens is 2. The molecule has 5 heteroatoms. The number of alkyl halides is 2. The van der Waals surface area contributed by atoms with Gasteiger partial charge in [-0.2, -0.15) is 0 Å². The van der Waals surface area contributed by atoms with Crippen molar-refractivity contribution in [2.45, 2.75) is 13.3 Å². The van der Waals surface area contributed by atoms with E-state index < -0.39 is 12.0 Å². The van der Waals surface area contributed by atoms with Crippen molar-refractivity contribution in [1.29, 1.82) is 0 Å². The maximum absolute atomic E-state index is 12.4. The Morgan fingerprint density at radius 1 is 1.25 bits per heavy atom. The number of aryl methyl sites for hydroxylation is 1. The molecule has 0 atom stereocenters. The first-order valence-electron chi connectivity index (χ1n) is 4.75. The lowest BCUT2D eigenvalue weighted by Crippen LogP contribution is -2.13. The van der Waals surface area contributed by atoms with Crippen LogP contribution in [0.4, 0.5) is 8.78 Å². The van der Waals surface area contributed by atoms with Gasteiger partial charge in [0.2, 0.25) is 0 Å². The van der Waals surface area contributed by atoms with E-state index in [9.17, 15) is 13.6 Å². The number of nitrogens with zero attached hydrogens (tertiary/aromatic N) is 1. The third-order valence-corrected chi connectivity index (χ3v) is 2.27. The monoisotopic (exact) mass is 224 g/mol. The highest BCUT2D eigenvalue weighted by Gasteiger charge is 2.12. The normalized spacial score (nSPS) is 11.0. The van der Waals surface area contributed by atoms with Crippen LogP contribution in [0, 0.1) is 6.92 Å². The summed E-state index contributed by atoms with van der Waals surface area (Å²) in [5.41, 5.74) is 0.727. The smallest absolute Gasteiger partial charge is 0.279 e. The summed E-state index contributed by atoms with van der Waals surface area (Å²) < 4.78 is 25.8. The van der Waals surface area contributed by atoms with Crippen LogP contribution in [0.2, 0.25) is 0 Å². The first kappa shape index (κ1) is 10.6. The molecule has 0 aliphatic rings. The number of hydrogen-bond donors (Lipinski definition) is 1. The fraction of sp³-hybridized carbons (Fsp3) is 0.182. The van der Waals surface area contributed by atoms with Gasteiger partial charge in [-0.3, -0.25) is 9.89 Å². The van der Waals surface area contributed by atoms with Gasteiger partial charge in [0.15, 0.2) is 0 Å². The Morgan fingerprint density at radius 3 is 2.38 bits per heavy atom. The second-order valence-corrected chi connectivity index (χ2v) is 3.52. The quantitative estimate of drug-likeness (QED) is 0.835. The van der Waals surface area contributed by atoms with Crippen LogP contribution in [-0.2, 0) is 0 Å². The molecule has 1 aromatic carbocycles. The van der Waals surface area contributed by atoms with E-state index in [1.807, 2.05) is 19.1 Å². The summed E-state index contributed by atoms with van der Waals surface area (Å²) >= 11 is 0. The van der Waals surface area contributed by atoms with Crippen LogP contribution in [0.5, 0.6) is 0 Å². The predicted molar refractivity (Wildman–Crippen MR) is 56.1 cm³/mol. The maximum Gasteiger partial charge on any atom is 0.279 e. The Morgan fingerprint density at radius 2 is 1.88 bits per heavy atom. The topological polar surface area (TPSA) is 37.8 Å². The van der Waals surface area contributed by atoms with E-state index in [0.29, 0.717) is 5.69 Å². The first-order chi connectivity index (χ1) is 7.58. The molecule has 0 saturated carbocycles. The highest BCUT2D eigenvalue weighted by Crippen LogP contribution is 2.15. The molecule has 84 valence electrons. The second-order valence-electron chi connectivity index (χ2n) is 3.52. The van der Waals surface area contributed by atoms with Crippen molar-refractivity contribution < 1.29 is 8.78 Å².